The number of rotatable bonds is 6. The normalized spacial score (nSPS) is 10.8. The minimum atomic E-state index is -0.280. The van der Waals surface area contributed by atoms with Crippen molar-refractivity contribution < 1.29 is 9.47 Å². The fraction of sp³-hybridized carbons (Fsp3) is 0.182. The summed E-state index contributed by atoms with van der Waals surface area (Å²) < 4.78 is 10.7. The number of methoxy groups -OCH3 is 1. The molecule has 152 valence electrons. The first kappa shape index (κ1) is 19.4. The number of nitrogens with one attached hydrogen (secondary N) is 2. The second-order valence-electron chi connectivity index (χ2n) is 6.58. The van der Waals surface area contributed by atoms with Crippen molar-refractivity contribution in [3.63, 3.8) is 0 Å². The lowest BCUT2D eigenvalue weighted by Crippen LogP contribution is -2.12. The van der Waals surface area contributed by atoms with E-state index in [1.165, 1.54) is 6.07 Å². The van der Waals surface area contributed by atoms with Crippen LogP contribution in [0.25, 0.3) is 22.2 Å². The highest BCUT2D eigenvalue weighted by Crippen LogP contribution is 2.24. The van der Waals surface area contributed by atoms with Crippen LogP contribution in [-0.2, 0) is 0 Å². The largest absolute Gasteiger partial charge is 0.497 e. The maximum atomic E-state index is 12.2. The average Bonchev–Trinajstić information content (AvgIpc) is 2.74. The lowest BCUT2D eigenvalue weighted by atomic mass is 10.1. The molecule has 0 aliphatic carbocycles. The Bertz CT molecular complexity index is 1250. The third-order valence-electron chi connectivity index (χ3n) is 4.53. The number of aryl methyl sites for hydroxylation is 1. The van der Waals surface area contributed by atoms with Crippen LogP contribution in [0, 0.1) is 6.92 Å². The number of benzene rings is 2. The number of fused-ring (bicyclic) bond motifs is 1. The first-order chi connectivity index (χ1) is 14.6. The summed E-state index contributed by atoms with van der Waals surface area (Å²) in [4.78, 5) is 28.4. The Morgan fingerprint density at radius 1 is 1.00 bits per heavy atom. The molecule has 0 saturated heterocycles. The van der Waals surface area contributed by atoms with E-state index in [4.69, 9.17) is 9.47 Å². The van der Waals surface area contributed by atoms with Crippen LogP contribution < -0.4 is 20.3 Å². The first-order valence-corrected chi connectivity index (χ1v) is 9.49. The van der Waals surface area contributed by atoms with Gasteiger partial charge in [-0.25, -0.2) is 15.0 Å². The molecule has 2 N–H and O–H groups in total. The van der Waals surface area contributed by atoms with E-state index in [-0.39, 0.29) is 11.5 Å². The molecular weight excluding hydrogens is 382 g/mol. The molecule has 0 saturated carbocycles. The predicted molar refractivity (Wildman–Crippen MR) is 116 cm³/mol. The van der Waals surface area contributed by atoms with Gasteiger partial charge in [-0.15, -0.1) is 0 Å². The van der Waals surface area contributed by atoms with Crippen LogP contribution in [0.2, 0.25) is 0 Å². The molecule has 0 atom stereocenters. The molecular formula is C22H21N5O3. The zero-order valence-electron chi connectivity index (χ0n) is 16.9. The van der Waals surface area contributed by atoms with Gasteiger partial charge in [0.05, 0.1) is 30.6 Å². The molecule has 0 radical (unpaired) electrons. The second-order valence-corrected chi connectivity index (χ2v) is 6.58. The Kier molecular flexibility index (Phi) is 5.30. The maximum Gasteiger partial charge on any atom is 0.252 e. The number of aromatic nitrogens is 4. The summed E-state index contributed by atoms with van der Waals surface area (Å²) in [6.45, 7) is 4.43. The highest BCUT2D eigenvalue weighted by Gasteiger charge is 2.09. The van der Waals surface area contributed by atoms with Crippen LogP contribution in [0.4, 0.5) is 11.9 Å². The number of hydrogen-bond donors (Lipinski definition) is 2. The molecule has 8 nitrogen and oxygen atoms in total. The minimum Gasteiger partial charge on any atom is -0.497 e. The topological polar surface area (TPSA) is 102 Å². The molecule has 0 amide bonds. The van der Waals surface area contributed by atoms with Crippen molar-refractivity contribution >= 4 is 22.8 Å². The third kappa shape index (κ3) is 4.07. The van der Waals surface area contributed by atoms with Gasteiger partial charge in [-0.05, 0) is 56.3 Å². The smallest absolute Gasteiger partial charge is 0.252 e. The molecule has 0 unspecified atom stereocenters. The standard InChI is InChI=1S/C22H21N5O3/c1-4-30-16-9-10-18-17(11-16)13(2)23-21(24-18)27-22-25-19(12-20(28)26-22)14-5-7-15(29-3)8-6-14/h5-12H,4H2,1-3H3,(H2,23,24,25,26,27,28). The van der Waals surface area contributed by atoms with Crippen LogP contribution in [0.15, 0.2) is 53.3 Å². The number of nitrogens with zero attached hydrogens (tertiary/aromatic N) is 3. The lowest BCUT2D eigenvalue weighted by molar-refractivity contribution is 0.340. The van der Waals surface area contributed by atoms with Crippen molar-refractivity contribution in [1.29, 1.82) is 0 Å². The van der Waals surface area contributed by atoms with Gasteiger partial charge in [-0.2, -0.15) is 0 Å². The minimum absolute atomic E-state index is 0.262. The van der Waals surface area contributed by atoms with Gasteiger partial charge in [-0.3, -0.25) is 15.1 Å². The highest BCUT2D eigenvalue weighted by molar-refractivity contribution is 5.83. The van der Waals surface area contributed by atoms with Crippen molar-refractivity contribution in [2.45, 2.75) is 13.8 Å². The van der Waals surface area contributed by atoms with Crippen molar-refractivity contribution in [2.24, 2.45) is 0 Å². The van der Waals surface area contributed by atoms with Gasteiger partial charge < -0.3 is 9.47 Å². The quantitative estimate of drug-likeness (QED) is 0.504. The summed E-state index contributed by atoms with van der Waals surface area (Å²) in [7, 11) is 1.60. The molecule has 0 spiro atoms. The highest BCUT2D eigenvalue weighted by atomic mass is 16.5. The van der Waals surface area contributed by atoms with Gasteiger partial charge in [0.2, 0.25) is 11.9 Å². The fourth-order valence-electron chi connectivity index (χ4n) is 3.11. The van der Waals surface area contributed by atoms with Crippen molar-refractivity contribution in [2.75, 3.05) is 19.0 Å². The average molecular weight is 403 g/mol. The Hall–Kier alpha value is -3.94. The van der Waals surface area contributed by atoms with E-state index in [1.807, 2.05) is 56.3 Å². The number of hydrogen-bond acceptors (Lipinski definition) is 7. The summed E-state index contributed by atoms with van der Waals surface area (Å²) in [6.07, 6.45) is 0. The van der Waals surface area contributed by atoms with E-state index in [9.17, 15) is 4.79 Å². The maximum absolute atomic E-state index is 12.2. The van der Waals surface area contributed by atoms with Crippen LogP contribution in [0.3, 0.4) is 0 Å². The fourth-order valence-corrected chi connectivity index (χ4v) is 3.11. The van der Waals surface area contributed by atoms with E-state index in [0.29, 0.717) is 18.2 Å². The van der Waals surface area contributed by atoms with Crippen LogP contribution in [0.1, 0.15) is 12.6 Å². The van der Waals surface area contributed by atoms with E-state index in [2.05, 4.69) is 25.3 Å². The SMILES string of the molecule is CCOc1ccc2nc(Nc3nc(-c4ccc(OC)cc4)cc(=O)[nH]3)nc(C)c2c1. The molecule has 8 heteroatoms. The third-order valence-corrected chi connectivity index (χ3v) is 4.53. The van der Waals surface area contributed by atoms with Gasteiger partial charge in [0.1, 0.15) is 11.5 Å². The molecule has 4 aromatic rings. The zero-order valence-corrected chi connectivity index (χ0v) is 16.9. The van der Waals surface area contributed by atoms with Crippen LogP contribution in [-0.4, -0.2) is 33.7 Å². The Morgan fingerprint density at radius 3 is 2.50 bits per heavy atom. The van der Waals surface area contributed by atoms with Crippen molar-refractivity contribution in [3.05, 3.63) is 64.6 Å². The summed E-state index contributed by atoms with van der Waals surface area (Å²) in [5.74, 6) is 2.11. The van der Waals surface area contributed by atoms with E-state index in [1.54, 1.807) is 7.11 Å². The van der Waals surface area contributed by atoms with Crippen molar-refractivity contribution in [3.8, 4) is 22.8 Å². The van der Waals surface area contributed by atoms with E-state index < -0.39 is 0 Å². The summed E-state index contributed by atoms with van der Waals surface area (Å²) >= 11 is 0. The van der Waals surface area contributed by atoms with Gasteiger partial charge in [-0.1, -0.05) is 0 Å². The molecule has 30 heavy (non-hydrogen) atoms. The molecule has 2 aromatic carbocycles. The molecule has 2 heterocycles. The number of aromatic amines is 1. The van der Waals surface area contributed by atoms with E-state index >= 15 is 0 Å². The number of ether oxygens (including phenoxy) is 2. The Balaban J connectivity index is 1.66. The van der Waals surface area contributed by atoms with Gasteiger partial charge in [0.15, 0.2) is 0 Å². The van der Waals surface area contributed by atoms with Crippen LogP contribution in [0.5, 0.6) is 11.5 Å². The summed E-state index contributed by atoms with van der Waals surface area (Å²) in [6, 6.07) is 14.4. The molecule has 0 fully saturated rings. The Morgan fingerprint density at radius 2 is 1.77 bits per heavy atom. The first-order valence-electron chi connectivity index (χ1n) is 9.49. The van der Waals surface area contributed by atoms with E-state index in [0.717, 1.165) is 33.7 Å². The lowest BCUT2D eigenvalue weighted by Gasteiger charge is -2.10. The number of H-pyrrole nitrogens is 1. The van der Waals surface area contributed by atoms with Crippen molar-refractivity contribution in [1.82, 2.24) is 19.9 Å². The molecule has 0 aliphatic heterocycles. The zero-order chi connectivity index (χ0) is 21.1. The monoisotopic (exact) mass is 403 g/mol. The number of anilines is 2. The molecule has 4 rings (SSSR count). The van der Waals surface area contributed by atoms with Gasteiger partial charge in [0.25, 0.3) is 5.56 Å². The Labute approximate surface area is 173 Å². The van der Waals surface area contributed by atoms with Gasteiger partial charge in [0, 0.05) is 17.0 Å². The van der Waals surface area contributed by atoms with Crippen LogP contribution >= 0.6 is 0 Å². The molecule has 2 aromatic heterocycles. The summed E-state index contributed by atoms with van der Waals surface area (Å²) in [5.41, 5.74) is 2.60. The summed E-state index contributed by atoms with van der Waals surface area (Å²) in [5, 5.41) is 3.91. The second kappa shape index (κ2) is 8.20. The predicted octanol–water partition coefficient (Wildman–Crippen LogP) is 3.84. The van der Waals surface area contributed by atoms with Gasteiger partial charge >= 0.3 is 0 Å². The molecule has 0 aliphatic rings. The molecule has 0 bridgehead atoms.